The Morgan fingerprint density at radius 3 is 2.89 bits per heavy atom. The van der Waals surface area contributed by atoms with Crippen LogP contribution in [0.1, 0.15) is 12.8 Å². The Morgan fingerprint density at radius 1 is 1.44 bits per heavy atom. The summed E-state index contributed by atoms with van der Waals surface area (Å²) in [7, 11) is -3.78. The van der Waals surface area contributed by atoms with Crippen LogP contribution in [-0.2, 0) is 10.0 Å². The summed E-state index contributed by atoms with van der Waals surface area (Å²) < 4.78 is 39.8. The highest BCUT2D eigenvalue weighted by molar-refractivity contribution is 7.89. The molecule has 0 saturated carbocycles. The van der Waals surface area contributed by atoms with Gasteiger partial charge in [-0.3, -0.25) is 0 Å². The first-order valence-corrected chi connectivity index (χ1v) is 7.53. The van der Waals surface area contributed by atoms with Crippen LogP contribution in [0.15, 0.2) is 23.1 Å². The maximum Gasteiger partial charge on any atom is 0.242 e. The molecule has 0 radical (unpaired) electrons. The predicted octanol–water partition coefficient (Wildman–Crippen LogP) is 1.51. The fraction of sp³-hybridized carbons (Fsp3) is 0.455. The van der Waals surface area contributed by atoms with Crippen molar-refractivity contribution in [3.63, 3.8) is 0 Å². The van der Waals surface area contributed by atoms with Gasteiger partial charge in [0.25, 0.3) is 0 Å². The first kappa shape index (κ1) is 13.7. The van der Waals surface area contributed by atoms with Crippen molar-refractivity contribution >= 4 is 21.6 Å². The third kappa shape index (κ3) is 3.20. The lowest BCUT2D eigenvalue weighted by molar-refractivity contribution is 0.428. The van der Waals surface area contributed by atoms with Crippen molar-refractivity contribution in [3.05, 3.63) is 29.0 Å². The second-order valence-electron chi connectivity index (χ2n) is 4.24. The molecule has 1 aliphatic rings. The number of hydrogen-bond donors (Lipinski definition) is 2. The van der Waals surface area contributed by atoms with E-state index in [0.29, 0.717) is 6.54 Å². The van der Waals surface area contributed by atoms with E-state index in [0.717, 1.165) is 31.5 Å². The fourth-order valence-corrected chi connectivity index (χ4v) is 3.70. The summed E-state index contributed by atoms with van der Waals surface area (Å²) in [6.07, 6.45) is 1.67. The Kier molecular flexibility index (Phi) is 4.21. The lowest BCUT2D eigenvalue weighted by Gasteiger charge is -2.23. The van der Waals surface area contributed by atoms with Crippen molar-refractivity contribution in [1.29, 1.82) is 0 Å². The number of sulfonamides is 1. The Balaban J connectivity index is 2.21. The van der Waals surface area contributed by atoms with E-state index in [2.05, 4.69) is 10.0 Å². The fourth-order valence-electron chi connectivity index (χ4n) is 1.92. The van der Waals surface area contributed by atoms with Crippen LogP contribution in [0.4, 0.5) is 4.39 Å². The van der Waals surface area contributed by atoms with Crippen LogP contribution in [0.2, 0.25) is 5.02 Å². The van der Waals surface area contributed by atoms with E-state index >= 15 is 0 Å². The summed E-state index contributed by atoms with van der Waals surface area (Å²) >= 11 is 5.80. The largest absolute Gasteiger partial charge is 0.315 e. The predicted molar refractivity (Wildman–Crippen MR) is 67.6 cm³/mol. The molecular formula is C11H14ClFN2O2S. The molecule has 1 fully saturated rings. The molecular weight excluding hydrogens is 279 g/mol. The standard InChI is InChI=1S/C11H14ClFN2O2S/c12-10-4-3-8(13)6-11(10)18(16,17)15-9-2-1-5-14-7-9/h3-4,6,9,14-15H,1-2,5,7H2/t9-/m0/s1. The zero-order valence-corrected chi connectivity index (χ0v) is 11.2. The van der Waals surface area contributed by atoms with E-state index in [1.807, 2.05) is 0 Å². The zero-order valence-electron chi connectivity index (χ0n) is 9.62. The molecule has 0 amide bonds. The molecule has 0 unspecified atom stereocenters. The minimum atomic E-state index is -3.78. The zero-order chi connectivity index (χ0) is 13.2. The highest BCUT2D eigenvalue weighted by Gasteiger charge is 2.24. The molecule has 1 aromatic carbocycles. The van der Waals surface area contributed by atoms with Gasteiger partial charge in [0.2, 0.25) is 10.0 Å². The number of halogens is 2. The minimum absolute atomic E-state index is 0.0210. The molecule has 1 atom stereocenters. The lowest BCUT2D eigenvalue weighted by atomic mass is 10.1. The maximum absolute atomic E-state index is 13.1. The van der Waals surface area contributed by atoms with E-state index < -0.39 is 15.8 Å². The second kappa shape index (κ2) is 5.52. The minimum Gasteiger partial charge on any atom is -0.315 e. The van der Waals surface area contributed by atoms with Gasteiger partial charge in [-0.25, -0.2) is 17.5 Å². The van der Waals surface area contributed by atoms with Crippen LogP contribution >= 0.6 is 11.6 Å². The van der Waals surface area contributed by atoms with Crippen molar-refractivity contribution in [3.8, 4) is 0 Å². The van der Waals surface area contributed by atoms with Gasteiger partial charge in [0.1, 0.15) is 10.7 Å². The SMILES string of the molecule is O=S(=O)(N[C@H]1CCCNC1)c1cc(F)ccc1Cl. The third-order valence-electron chi connectivity index (χ3n) is 2.80. The van der Waals surface area contributed by atoms with Gasteiger partial charge >= 0.3 is 0 Å². The van der Waals surface area contributed by atoms with Gasteiger partial charge in [-0.15, -0.1) is 0 Å². The van der Waals surface area contributed by atoms with Crippen LogP contribution in [-0.4, -0.2) is 27.5 Å². The van der Waals surface area contributed by atoms with Crippen molar-refractivity contribution in [1.82, 2.24) is 10.0 Å². The van der Waals surface area contributed by atoms with Crippen LogP contribution in [0.3, 0.4) is 0 Å². The van der Waals surface area contributed by atoms with Gasteiger partial charge < -0.3 is 5.32 Å². The van der Waals surface area contributed by atoms with Gasteiger partial charge in [0, 0.05) is 12.6 Å². The molecule has 0 aliphatic carbocycles. The molecule has 18 heavy (non-hydrogen) atoms. The normalized spacial score (nSPS) is 20.9. The molecule has 4 nitrogen and oxygen atoms in total. The van der Waals surface area contributed by atoms with Crippen LogP contribution < -0.4 is 10.0 Å². The van der Waals surface area contributed by atoms with E-state index in [-0.39, 0.29) is 16.0 Å². The van der Waals surface area contributed by atoms with Gasteiger partial charge in [-0.2, -0.15) is 0 Å². The number of benzene rings is 1. The number of hydrogen-bond acceptors (Lipinski definition) is 3. The molecule has 0 aromatic heterocycles. The maximum atomic E-state index is 13.1. The highest BCUT2D eigenvalue weighted by Crippen LogP contribution is 2.22. The summed E-state index contributed by atoms with van der Waals surface area (Å²) in [5, 5.41) is 3.12. The molecule has 2 rings (SSSR count). The summed E-state index contributed by atoms with van der Waals surface area (Å²) in [4.78, 5) is -0.213. The third-order valence-corrected chi connectivity index (χ3v) is 4.80. The molecule has 1 saturated heterocycles. The van der Waals surface area contributed by atoms with Crippen molar-refractivity contribution in [2.75, 3.05) is 13.1 Å². The molecule has 7 heteroatoms. The van der Waals surface area contributed by atoms with Gasteiger partial charge in [0.05, 0.1) is 5.02 Å². The van der Waals surface area contributed by atoms with Gasteiger partial charge in [-0.1, -0.05) is 11.6 Å². The smallest absolute Gasteiger partial charge is 0.242 e. The molecule has 100 valence electrons. The van der Waals surface area contributed by atoms with Crippen LogP contribution in [0.25, 0.3) is 0 Å². The molecule has 0 spiro atoms. The average molecular weight is 293 g/mol. The van der Waals surface area contributed by atoms with E-state index in [1.165, 1.54) is 6.07 Å². The number of rotatable bonds is 3. The Labute approximate surface area is 111 Å². The van der Waals surface area contributed by atoms with Crippen molar-refractivity contribution in [2.24, 2.45) is 0 Å². The van der Waals surface area contributed by atoms with Gasteiger partial charge in [-0.05, 0) is 37.6 Å². The summed E-state index contributed by atoms with van der Waals surface area (Å²) in [5.74, 6) is -0.624. The molecule has 1 aromatic rings. The molecule has 0 bridgehead atoms. The lowest BCUT2D eigenvalue weighted by Crippen LogP contribution is -2.45. The summed E-state index contributed by atoms with van der Waals surface area (Å²) in [6.45, 7) is 1.46. The molecule has 1 aliphatic heterocycles. The highest BCUT2D eigenvalue weighted by atomic mass is 35.5. The summed E-state index contributed by atoms with van der Waals surface area (Å²) in [5.41, 5.74) is 0. The Hall–Kier alpha value is -0.690. The average Bonchev–Trinajstić information content (AvgIpc) is 2.33. The number of piperidine rings is 1. The second-order valence-corrected chi connectivity index (χ2v) is 6.33. The van der Waals surface area contributed by atoms with Crippen LogP contribution in [0.5, 0.6) is 0 Å². The quantitative estimate of drug-likeness (QED) is 0.888. The first-order valence-electron chi connectivity index (χ1n) is 5.67. The Morgan fingerprint density at radius 2 is 2.22 bits per heavy atom. The number of nitrogens with one attached hydrogen (secondary N) is 2. The Bertz CT molecular complexity index is 530. The molecule has 2 N–H and O–H groups in total. The summed E-state index contributed by atoms with van der Waals surface area (Å²) in [6, 6.07) is 3.12. The topological polar surface area (TPSA) is 58.2 Å². The van der Waals surface area contributed by atoms with Crippen molar-refractivity contribution in [2.45, 2.75) is 23.8 Å². The van der Waals surface area contributed by atoms with E-state index in [9.17, 15) is 12.8 Å². The van der Waals surface area contributed by atoms with Crippen LogP contribution in [0, 0.1) is 5.82 Å². The molecule has 1 heterocycles. The monoisotopic (exact) mass is 292 g/mol. The van der Waals surface area contributed by atoms with Crippen molar-refractivity contribution < 1.29 is 12.8 Å². The van der Waals surface area contributed by atoms with E-state index in [1.54, 1.807) is 0 Å². The van der Waals surface area contributed by atoms with Gasteiger partial charge in [0.15, 0.2) is 0 Å². The first-order chi connectivity index (χ1) is 8.49. The van der Waals surface area contributed by atoms with E-state index in [4.69, 9.17) is 11.6 Å².